The van der Waals surface area contributed by atoms with Gasteiger partial charge in [0, 0.05) is 68.9 Å². The van der Waals surface area contributed by atoms with Gasteiger partial charge >= 0.3 is 0 Å². The fourth-order valence-electron chi connectivity index (χ4n) is 4.47. The SMILES string of the molecule is CCN(CCCCCCCNC(=O)c1cc2cnccc2[nH]1)C(=O)C1CCN(C(C)=O)CC1. The molecule has 1 aliphatic heterocycles. The molecule has 0 saturated carbocycles. The Bertz CT molecular complexity index is 900. The van der Waals surface area contributed by atoms with Crippen LogP contribution < -0.4 is 5.32 Å². The van der Waals surface area contributed by atoms with Crippen molar-refractivity contribution in [1.82, 2.24) is 25.1 Å². The van der Waals surface area contributed by atoms with Crippen molar-refractivity contribution in [2.24, 2.45) is 5.92 Å². The number of aromatic nitrogens is 2. The molecule has 3 amide bonds. The molecule has 0 spiro atoms. The quantitative estimate of drug-likeness (QED) is 0.508. The van der Waals surface area contributed by atoms with Gasteiger partial charge in [-0.2, -0.15) is 0 Å². The van der Waals surface area contributed by atoms with Crippen molar-refractivity contribution in [3.05, 3.63) is 30.2 Å². The fourth-order valence-corrected chi connectivity index (χ4v) is 4.47. The van der Waals surface area contributed by atoms with Crippen molar-refractivity contribution in [3.8, 4) is 0 Å². The standard InChI is InChI=1S/C25H37N5O3/c1-3-29(25(33)20-10-15-30(16-11-20)19(2)31)14-8-6-4-5-7-12-27-24(32)23-17-21-18-26-13-9-22(21)28-23/h9,13,17-18,20,28H,3-8,10-12,14-16H2,1-2H3,(H,27,32). The van der Waals surface area contributed by atoms with Gasteiger partial charge in [0.15, 0.2) is 0 Å². The first kappa shape index (κ1) is 24.7. The Hall–Kier alpha value is -2.90. The van der Waals surface area contributed by atoms with Crippen molar-refractivity contribution in [2.75, 3.05) is 32.7 Å². The molecule has 3 rings (SSSR count). The first-order valence-corrected chi connectivity index (χ1v) is 12.2. The minimum absolute atomic E-state index is 0.0534. The second-order valence-electron chi connectivity index (χ2n) is 8.87. The zero-order valence-electron chi connectivity index (χ0n) is 19.9. The number of carbonyl (C=O) groups excluding carboxylic acids is 3. The van der Waals surface area contributed by atoms with Crippen LogP contribution in [0.2, 0.25) is 0 Å². The van der Waals surface area contributed by atoms with Crippen molar-refractivity contribution in [1.29, 1.82) is 0 Å². The maximum atomic E-state index is 12.8. The summed E-state index contributed by atoms with van der Waals surface area (Å²) in [6.45, 7) is 7.21. The predicted molar refractivity (Wildman–Crippen MR) is 129 cm³/mol. The maximum absolute atomic E-state index is 12.8. The molecule has 2 N–H and O–H groups in total. The fraction of sp³-hybridized carbons (Fsp3) is 0.600. The van der Waals surface area contributed by atoms with Crippen molar-refractivity contribution < 1.29 is 14.4 Å². The van der Waals surface area contributed by atoms with Crippen molar-refractivity contribution in [3.63, 3.8) is 0 Å². The van der Waals surface area contributed by atoms with E-state index in [9.17, 15) is 14.4 Å². The van der Waals surface area contributed by atoms with Gasteiger partial charge in [-0.1, -0.05) is 19.3 Å². The van der Waals surface area contributed by atoms with E-state index in [1.807, 2.05) is 28.9 Å². The second kappa shape index (κ2) is 12.4. The molecule has 180 valence electrons. The topological polar surface area (TPSA) is 98.4 Å². The Morgan fingerprint density at radius 3 is 2.58 bits per heavy atom. The number of carbonyl (C=O) groups is 3. The van der Waals surface area contributed by atoms with Crippen LogP contribution in [0.4, 0.5) is 0 Å². The number of hydrogen-bond acceptors (Lipinski definition) is 4. The molecule has 0 aliphatic carbocycles. The van der Waals surface area contributed by atoms with Gasteiger partial charge in [-0.25, -0.2) is 0 Å². The van der Waals surface area contributed by atoms with Crippen LogP contribution in [0.15, 0.2) is 24.5 Å². The van der Waals surface area contributed by atoms with Crippen LogP contribution in [0.3, 0.4) is 0 Å². The number of nitrogens with one attached hydrogen (secondary N) is 2. The van der Waals surface area contributed by atoms with Crippen LogP contribution in [0.1, 0.15) is 69.3 Å². The average molecular weight is 456 g/mol. The van der Waals surface area contributed by atoms with E-state index in [1.165, 1.54) is 0 Å². The van der Waals surface area contributed by atoms with Gasteiger partial charge in [-0.15, -0.1) is 0 Å². The number of nitrogens with zero attached hydrogens (tertiary/aromatic N) is 3. The van der Waals surface area contributed by atoms with Gasteiger partial charge in [-0.05, 0) is 44.7 Å². The van der Waals surface area contributed by atoms with Crippen molar-refractivity contribution in [2.45, 2.75) is 58.8 Å². The summed E-state index contributed by atoms with van der Waals surface area (Å²) in [5.74, 6) is 0.314. The highest BCUT2D eigenvalue weighted by Crippen LogP contribution is 2.20. The summed E-state index contributed by atoms with van der Waals surface area (Å²) in [5, 5.41) is 3.91. The predicted octanol–water partition coefficient (Wildman–Crippen LogP) is 3.35. The van der Waals surface area contributed by atoms with Crippen LogP contribution in [0.25, 0.3) is 10.9 Å². The van der Waals surface area contributed by atoms with E-state index in [-0.39, 0.29) is 23.6 Å². The highest BCUT2D eigenvalue weighted by molar-refractivity contribution is 5.97. The Morgan fingerprint density at radius 2 is 1.88 bits per heavy atom. The number of amides is 3. The zero-order chi connectivity index (χ0) is 23.6. The molecule has 2 aromatic rings. The molecule has 0 aromatic carbocycles. The lowest BCUT2D eigenvalue weighted by Crippen LogP contribution is -2.44. The largest absolute Gasteiger partial charge is 0.351 e. The molecule has 1 saturated heterocycles. The average Bonchev–Trinajstić information content (AvgIpc) is 3.27. The van der Waals surface area contributed by atoms with Gasteiger partial charge in [0.2, 0.25) is 11.8 Å². The summed E-state index contributed by atoms with van der Waals surface area (Å²) >= 11 is 0. The second-order valence-corrected chi connectivity index (χ2v) is 8.87. The van der Waals surface area contributed by atoms with E-state index < -0.39 is 0 Å². The molecule has 1 aliphatic rings. The monoisotopic (exact) mass is 455 g/mol. The highest BCUT2D eigenvalue weighted by atomic mass is 16.2. The first-order valence-electron chi connectivity index (χ1n) is 12.2. The number of piperidine rings is 1. The number of likely N-dealkylation sites (tertiary alicyclic amines) is 1. The van der Waals surface area contributed by atoms with Gasteiger partial charge in [0.1, 0.15) is 5.69 Å². The maximum Gasteiger partial charge on any atom is 0.267 e. The smallest absolute Gasteiger partial charge is 0.267 e. The number of fused-ring (bicyclic) bond motifs is 1. The van der Waals surface area contributed by atoms with Crippen LogP contribution in [-0.2, 0) is 9.59 Å². The van der Waals surface area contributed by atoms with Crippen molar-refractivity contribution >= 4 is 28.6 Å². The van der Waals surface area contributed by atoms with E-state index in [2.05, 4.69) is 15.3 Å². The molecule has 0 atom stereocenters. The summed E-state index contributed by atoms with van der Waals surface area (Å²) in [6, 6.07) is 3.68. The van der Waals surface area contributed by atoms with E-state index in [0.717, 1.165) is 68.9 Å². The van der Waals surface area contributed by atoms with Gasteiger partial charge in [0.25, 0.3) is 5.91 Å². The third-order valence-corrected chi connectivity index (χ3v) is 6.54. The molecular weight excluding hydrogens is 418 g/mol. The summed E-state index contributed by atoms with van der Waals surface area (Å²) in [5.41, 5.74) is 1.48. The Labute approximate surface area is 196 Å². The van der Waals surface area contributed by atoms with Crippen LogP contribution in [0, 0.1) is 5.92 Å². The molecule has 8 heteroatoms. The molecule has 0 radical (unpaired) electrons. The number of aromatic amines is 1. The van der Waals surface area contributed by atoms with Gasteiger partial charge < -0.3 is 20.1 Å². The molecule has 8 nitrogen and oxygen atoms in total. The third-order valence-electron chi connectivity index (χ3n) is 6.54. The van der Waals surface area contributed by atoms with E-state index in [0.29, 0.717) is 25.3 Å². The number of rotatable bonds is 11. The van der Waals surface area contributed by atoms with E-state index >= 15 is 0 Å². The Morgan fingerprint density at radius 1 is 1.15 bits per heavy atom. The summed E-state index contributed by atoms with van der Waals surface area (Å²) in [7, 11) is 0. The highest BCUT2D eigenvalue weighted by Gasteiger charge is 2.28. The third kappa shape index (κ3) is 7.04. The lowest BCUT2D eigenvalue weighted by Gasteiger charge is -2.33. The molecule has 2 aromatic heterocycles. The lowest BCUT2D eigenvalue weighted by molar-refractivity contribution is -0.140. The number of pyridine rings is 1. The molecular formula is C25H37N5O3. The van der Waals surface area contributed by atoms with Crippen LogP contribution in [-0.4, -0.2) is 70.2 Å². The molecule has 0 bridgehead atoms. The minimum Gasteiger partial charge on any atom is -0.351 e. The summed E-state index contributed by atoms with van der Waals surface area (Å²) in [4.78, 5) is 47.6. The van der Waals surface area contributed by atoms with Crippen LogP contribution in [0.5, 0.6) is 0 Å². The molecule has 33 heavy (non-hydrogen) atoms. The van der Waals surface area contributed by atoms with E-state index in [1.54, 1.807) is 19.3 Å². The Balaban J connectivity index is 1.25. The van der Waals surface area contributed by atoms with E-state index in [4.69, 9.17) is 0 Å². The summed E-state index contributed by atoms with van der Waals surface area (Å²) < 4.78 is 0. The summed E-state index contributed by atoms with van der Waals surface area (Å²) in [6.07, 6.45) is 10.2. The minimum atomic E-state index is -0.0857. The zero-order valence-corrected chi connectivity index (χ0v) is 19.9. The van der Waals surface area contributed by atoms with Gasteiger partial charge in [0.05, 0.1) is 0 Å². The molecule has 1 fully saturated rings. The normalized spacial score (nSPS) is 14.4. The lowest BCUT2D eigenvalue weighted by atomic mass is 9.95. The molecule has 3 heterocycles. The number of hydrogen-bond donors (Lipinski definition) is 2. The number of unbranched alkanes of at least 4 members (excludes halogenated alkanes) is 4. The number of H-pyrrole nitrogens is 1. The Kier molecular flexibility index (Phi) is 9.27. The first-order chi connectivity index (χ1) is 16.0. The van der Waals surface area contributed by atoms with Gasteiger partial charge in [-0.3, -0.25) is 19.4 Å². The molecule has 0 unspecified atom stereocenters. The van der Waals surface area contributed by atoms with Crippen LogP contribution >= 0.6 is 0 Å².